The molecule has 1 aromatic rings. The number of Topliss-reactive ketones (excluding diaryl/α,β-unsaturated/α-hetero) is 1. The molecule has 0 aliphatic rings. The fraction of sp³-hybridized carbons (Fsp3) is 0.429. The number of ether oxygens (including phenoxy) is 1. The fourth-order valence-corrected chi connectivity index (χ4v) is 2.25. The van der Waals surface area contributed by atoms with Crippen LogP contribution >= 0.6 is 15.9 Å². The van der Waals surface area contributed by atoms with Crippen LogP contribution in [0.15, 0.2) is 22.7 Å². The van der Waals surface area contributed by atoms with Gasteiger partial charge in [-0.3, -0.25) is 9.59 Å². The number of carbonyl (C=O) groups excluding carboxylic acids is 2. The second-order valence-corrected chi connectivity index (χ2v) is 5.41. The van der Waals surface area contributed by atoms with E-state index in [1.165, 1.54) is 12.1 Å². The molecular formula is C14H16BrFO3. The van der Waals surface area contributed by atoms with Crippen LogP contribution in [0.1, 0.15) is 31.1 Å². The van der Waals surface area contributed by atoms with Crippen molar-refractivity contribution >= 4 is 27.7 Å². The van der Waals surface area contributed by atoms with Crippen LogP contribution in [0.25, 0.3) is 0 Å². The molecule has 0 aliphatic heterocycles. The number of esters is 1. The lowest BCUT2D eigenvalue weighted by Gasteiger charge is -2.18. The Morgan fingerprint density at radius 2 is 1.95 bits per heavy atom. The first-order valence-corrected chi connectivity index (χ1v) is 6.83. The lowest BCUT2D eigenvalue weighted by atomic mass is 9.88. The van der Waals surface area contributed by atoms with Crippen molar-refractivity contribution in [1.82, 2.24) is 0 Å². The maximum Gasteiger partial charge on any atom is 0.317 e. The van der Waals surface area contributed by atoms with E-state index in [4.69, 9.17) is 4.74 Å². The van der Waals surface area contributed by atoms with E-state index in [9.17, 15) is 14.0 Å². The van der Waals surface area contributed by atoms with Crippen LogP contribution in [0.3, 0.4) is 0 Å². The van der Waals surface area contributed by atoms with Crippen LogP contribution in [0.2, 0.25) is 0 Å². The minimum absolute atomic E-state index is 0.165. The maximum absolute atomic E-state index is 13.3. The molecule has 5 heteroatoms. The molecule has 1 atom stereocenters. The van der Waals surface area contributed by atoms with Crippen molar-refractivity contribution in [1.29, 1.82) is 0 Å². The molecule has 0 bridgehead atoms. The van der Waals surface area contributed by atoms with Crippen molar-refractivity contribution < 1.29 is 18.7 Å². The van der Waals surface area contributed by atoms with Crippen LogP contribution in [0.5, 0.6) is 0 Å². The molecule has 0 aliphatic carbocycles. The van der Waals surface area contributed by atoms with Gasteiger partial charge in [0.25, 0.3) is 0 Å². The van der Waals surface area contributed by atoms with Crippen LogP contribution in [-0.4, -0.2) is 18.4 Å². The molecule has 0 N–H and O–H groups in total. The number of ketones is 1. The zero-order valence-corrected chi connectivity index (χ0v) is 12.7. The lowest BCUT2D eigenvalue weighted by molar-refractivity contribution is -0.147. The SMILES string of the molecule is CCOC(=O)C(C(=O)c1cc(F)cc(Br)c1)C(C)C. The van der Waals surface area contributed by atoms with Crippen LogP contribution in [0.4, 0.5) is 4.39 Å². The Kier molecular flexibility index (Phi) is 5.66. The van der Waals surface area contributed by atoms with E-state index in [1.807, 2.05) is 0 Å². The van der Waals surface area contributed by atoms with Crippen molar-refractivity contribution in [2.24, 2.45) is 11.8 Å². The third-order valence-corrected chi connectivity index (χ3v) is 3.09. The Morgan fingerprint density at radius 3 is 2.42 bits per heavy atom. The molecule has 0 fully saturated rings. The Balaban J connectivity index is 3.09. The van der Waals surface area contributed by atoms with Gasteiger partial charge >= 0.3 is 5.97 Å². The van der Waals surface area contributed by atoms with Gasteiger partial charge in [0, 0.05) is 10.0 Å². The van der Waals surface area contributed by atoms with Crippen molar-refractivity contribution in [2.75, 3.05) is 6.61 Å². The van der Waals surface area contributed by atoms with Gasteiger partial charge in [-0.1, -0.05) is 29.8 Å². The van der Waals surface area contributed by atoms with Gasteiger partial charge in [-0.05, 0) is 31.0 Å². The lowest BCUT2D eigenvalue weighted by Crippen LogP contribution is -2.30. The predicted octanol–water partition coefficient (Wildman–Crippen LogP) is 3.61. The fourth-order valence-electron chi connectivity index (χ4n) is 1.79. The Morgan fingerprint density at radius 1 is 1.32 bits per heavy atom. The molecule has 0 heterocycles. The van der Waals surface area contributed by atoms with E-state index in [-0.39, 0.29) is 18.1 Å². The van der Waals surface area contributed by atoms with Crippen LogP contribution < -0.4 is 0 Å². The molecule has 0 radical (unpaired) electrons. The number of hydrogen-bond acceptors (Lipinski definition) is 3. The van der Waals surface area contributed by atoms with E-state index in [1.54, 1.807) is 20.8 Å². The average Bonchev–Trinajstić information content (AvgIpc) is 2.27. The summed E-state index contributed by atoms with van der Waals surface area (Å²) < 4.78 is 18.7. The van der Waals surface area contributed by atoms with Crippen molar-refractivity contribution in [3.8, 4) is 0 Å². The summed E-state index contributed by atoms with van der Waals surface area (Å²) in [5, 5.41) is 0. The Labute approximate surface area is 120 Å². The maximum atomic E-state index is 13.3. The monoisotopic (exact) mass is 330 g/mol. The second kappa shape index (κ2) is 6.80. The standard InChI is InChI=1S/C14H16BrFO3/c1-4-19-14(18)12(8(2)3)13(17)9-5-10(15)7-11(16)6-9/h5-8,12H,4H2,1-3H3. The molecule has 0 spiro atoms. The predicted molar refractivity (Wildman–Crippen MR) is 73.4 cm³/mol. The van der Waals surface area contributed by atoms with Gasteiger partial charge in [-0.25, -0.2) is 4.39 Å². The summed E-state index contributed by atoms with van der Waals surface area (Å²) in [5.41, 5.74) is 0.165. The Hall–Kier alpha value is -1.23. The number of benzene rings is 1. The quantitative estimate of drug-likeness (QED) is 0.470. The second-order valence-electron chi connectivity index (χ2n) is 4.50. The summed E-state index contributed by atoms with van der Waals surface area (Å²) in [6.45, 7) is 5.41. The zero-order chi connectivity index (χ0) is 14.6. The molecule has 19 heavy (non-hydrogen) atoms. The number of hydrogen-bond donors (Lipinski definition) is 0. The van der Waals surface area contributed by atoms with E-state index in [0.29, 0.717) is 4.47 Å². The first kappa shape index (κ1) is 15.8. The topological polar surface area (TPSA) is 43.4 Å². The normalized spacial score (nSPS) is 12.3. The van der Waals surface area contributed by atoms with Crippen LogP contribution in [0, 0.1) is 17.7 Å². The molecule has 0 saturated heterocycles. The average molecular weight is 331 g/mol. The van der Waals surface area contributed by atoms with E-state index in [0.717, 1.165) is 6.07 Å². The van der Waals surface area contributed by atoms with Crippen molar-refractivity contribution in [2.45, 2.75) is 20.8 Å². The molecule has 1 unspecified atom stereocenters. The van der Waals surface area contributed by atoms with Crippen molar-refractivity contribution in [3.63, 3.8) is 0 Å². The van der Waals surface area contributed by atoms with Gasteiger partial charge in [-0.15, -0.1) is 0 Å². The minimum Gasteiger partial charge on any atom is -0.465 e. The smallest absolute Gasteiger partial charge is 0.317 e. The van der Waals surface area contributed by atoms with E-state index in [2.05, 4.69) is 15.9 Å². The molecule has 1 rings (SSSR count). The highest BCUT2D eigenvalue weighted by Crippen LogP contribution is 2.22. The first-order chi connectivity index (χ1) is 8.86. The van der Waals surface area contributed by atoms with Gasteiger partial charge in [0.05, 0.1) is 6.61 Å². The molecule has 1 aromatic carbocycles. The highest BCUT2D eigenvalue weighted by molar-refractivity contribution is 9.10. The van der Waals surface area contributed by atoms with Gasteiger partial charge < -0.3 is 4.74 Å². The third-order valence-electron chi connectivity index (χ3n) is 2.64. The summed E-state index contributed by atoms with van der Waals surface area (Å²) >= 11 is 3.13. The highest BCUT2D eigenvalue weighted by atomic mass is 79.9. The summed E-state index contributed by atoms with van der Waals surface area (Å²) in [6.07, 6.45) is 0. The molecule has 104 valence electrons. The Bertz CT molecular complexity index is 465. The van der Waals surface area contributed by atoms with Gasteiger partial charge in [0.2, 0.25) is 0 Å². The van der Waals surface area contributed by atoms with Gasteiger partial charge in [0.1, 0.15) is 11.7 Å². The summed E-state index contributed by atoms with van der Waals surface area (Å²) in [5.74, 6) is -2.64. The van der Waals surface area contributed by atoms with Crippen LogP contribution in [-0.2, 0) is 9.53 Å². The minimum atomic E-state index is -0.909. The number of carbonyl (C=O) groups is 2. The zero-order valence-electron chi connectivity index (χ0n) is 11.1. The first-order valence-electron chi connectivity index (χ1n) is 6.03. The number of rotatable bonds is 5. The largest absolute Gasteiger partial charge is 0.465 e. The number of halogens is 2. The molecule has 0 aromatic heterocycles. The molecular weight excluding hydrogens is 315 g/mol. The highest BCUT2D eigenvalue weighted by Gasteiger charge is 2.32. The van der Waals surface area contributed by atoms with Gasteiger partial charge in [-0.2, -0.15) is 0 Å². The van der Waals surface area contributed by atoms with Crippen molar-refractivity contribution in [3.05, 3.63) is 34.1 Å². The molecule has 0 saturated carbocycles. The summed E-state index contributed by atoms with van der Waals surface area (Å²) in [4.78, 5) is 24.1. The molecule has 3 nitrogen and oxygen atoms in total. The third kappa shape index (κ3) is 4.13. The molecule has 0 amide bonds. The summed E-state index contributed by atoms with van der Waals surface area (Å²) in [6, 6.07) is 3.88. The summed E-state index contributed by atoms with van der Waals surface area (Å²) in [7, 11) is 0. The van der Waals surface area contributed by atoms with E-state index >= 15 is 0 Å². The van der Waals surface area contributed by atoms with E-state index < -0.39 is 23.5 Å². The van der Waals surface area contributed by atoms with Gasteiger partial charge in [0.15, 0.2) is 5.78 Å².